The summed E-state index contributed by atoms with van der Waals surface area (Å²) < 4.78 is 32.0. The fraction of sp³-hybridized carbons (Fsp3) is 0.471. The van der Waals surface area contributed by atoms with E-state index in [1.54, 1.807) is 7.11 Å². The first-order valence-electron chi connectivity index (χ1n) is 8.77. The first-order chi connectivity index (χ1) is 13.3. The third-order valence-corrected chi connectivity index (χ3v) is 7.43. The van der Waals surface area contributed by atoms with Crippen molar-refractivity contribution >= 4 is 32.6 Å². The molecule has 152 valence electrons. The van der Waals surface area contributed by atoms with E-state index in [2.05, 4.69) is 15.5 Å². The number of benzene rings is 1. The second-order valence-electron chi connectivity index (χ2n) is 6.59. The Hall–Kier alpha value is -2.08. The number of rotatable bonds is 6. The van der Waals surface area contributed by atoms with Crippen molar-refractivity contribution in [2.75, 3.05) is 39.6 Å². The predicted octanol–water partition coefficient (Wildman–Crippen LogP) is 1.67. The monoisotopic (exact) mass is 425 g/mol. The van der Waals surface area contributed by atoms with Gasteiger partial charge in [-0.05, 0) is 37.1 Å². The number of anilines is 1. The van der Waals surface area contributed by atoms with Crippen LogP contribution in [0.25, 0.3) is 10.6 Å². The highest BCUT2D eigenvalue weighted by molar-refractivity contribution is 7.86. The zero-order valence-corrected chi connectivity index (χ0v) is 17.6. The fourth-order valence-electron chi connectivity index (χ4n) is 2.91. The largest absolute Gasteiger partial charge is 0.497 e. The number of amides is 1. The van der Waals surface area contributed by atoms with Crippen molar-refractivity contribution in [2.24, 2.45) is 5.92 Å². The van der Waals surface area contributed by atoms with E-state index in [1.807, 2.05) is 24.3 Å². The smallest absolute Gasteiger partial charge is 0.281 e. The predicted molar refractivity (Wildman–Crippen MR) is 107 cm³/mol. The Labute approximate surface area is 168 Å². The molecule has 2 aromatic rings. The lowest BCUT2D eigenvalue weighted by Crippen LogP contribution is -2.46. The highest BCUT2D eigenvalue weighted by Gasteiger charge is 2.32. The Bertz CT molecular complexity index is 919. The van der Waals surface area contributed by atoms with Crippen LogP contribution < -0.4 is 10.1 Å². The molecule has 2 heterocycles. The van der Waals surface area contributed by atoms with E-state index in [0.29, 0.717) is 36.1 Å². The lowest BCUT2D eigenvalue weighted by atomic mass is 9.97. The van der Waals surface area contributed by atoms with Crippen molar-refractivity contribution in [2.45, 2.75) is 12.8 Å². The summed E-state index contributed by atoms with van der Waals surface area (Å²) in [5, 5.41) is 12.1. The zero-order chi connectivity index (χ0) is 20.3. The number of nitrogens with zero attached hydrogens (tertiary/aromatic N) is 4. The molecule has 28 heavy (non-hydrogen) atoms. The Morgan fingerprint density at radius 2 is 1.86 bits per heavy atom. The maximum absolute atomic E-state index is 12.5. The summed E-state index contributed by atoms with van der Waals surface area (Å²) in [6.45, 7) is 0.650. The molecule has 0 spiro atoms. The first kappa shape index (κ1) is 20.6. The summed E-state index contributed by atoms with van der Waals surface area (Å²) in [5.41, 5.74) is 0.890. The average Bonchev–Trinajstić information content (AvgIpc) is 3.16. The summed E-state index contributed by atoms with van der Waals surface area (Å²) in [4.78, 5) is 12.5. The van der Waals surface area contributed by atoms with Crippen LogP contribution in [-0.2, 0) is 15.0 Å². The lowest BCUT2D eigenvalue weighted by molar-refractivity contribution is -0.120. The summed E-state index contributed by atoms with van der Waals surface area (Å²) >= 11 is 1.29. The van der Waals surface area contributed by atoms with Gasteiger partial charge in [0.25, 0.3) is 10.2 Å². The van der Waals surface area contributed by atoms with E-state index >= 15 is 0 Å². The quantitative estimate of drug-likeness (QED) is 0.755. The number of piperidine rings is 1. The number of carbonyl (C=O) groups excluding carboxylic acids is 1. The Morgan fingerprint density at radius 1 is 1.21 bits per heavy atom. The summed E-state index contributed by atoms with van der Waals surface area (Å²) in [6.07, 6.45) is 0.950. The van der Waals surface area contributed by atoms with Crippen molar-refractivity contribution in [1.29, 1.82) is 0 Å². The number of ether oxygens (including phenoxy) is 1. The summed E-state index contributed by atoms with van der Waals surface area (Å²) in [7, 11) is 1.18. The van der Waals surface area contributed by atoms with Gasteiger partial charge in [0.2, 0.25) is 11.0 Å². The van der Waals surface area contributed by atoms with Crippen molar-refractivity contribution in [3.8, 4) is 16.3 Å². The molecule has 1 aromatic carbocycles. The molecular formula is C17H23N5O4S2. The van der Waals surface area contributed by atoms with Gasteiger partial charge in [-0.15, -0.1) is 10.2 Å². The lowest BCUT2D eigenvalue weighted by Gasteiger charge is -2.31. The van der Waals surface area contributed by atoms with Crippen LogP contribution in [0.5, 0.6) is 5.75 Å². The minimum atomic E-state index is -3.43. The molecule has 1 aromatic heterocycles. The van der Waals surface area contributed by atoms with Crippen LogP contribution in [0, 0.1) is 5.92 Å². The minimum Gasteiger partial charge on any atom is -0.497 e. The molecule has 9 nitrogen and oxygen atoms in total. The second kappa shape index (κ2) is 8.52. The maximum Gasteiger partial charge on any atom is 0.281 e. The van der Waals surface area contributed by atoms with E-state index in [0.717, 1.165) is 11.3 Å². The van der Waals surface area contributed by atoms with Gasteiger partial charge in [-0.1, -0.05) is 11.3 Å². The molecule has 1 amide bonds. The summed E-state index contributed by atoms with van der Waals surface area (Å²) in [5.74, 6) is 0.352. The van der Waals surface area contributed by atoms with Crippen molar-refractivity contribution in [3.05, 3.63) is 24.3 Å². The molecule has 0 saturated carbocycles. The van der Waals surface area contributed by atoms with Gasteiger partial charge in [-0.3, -0.25) is 4.79 Å². The van der Waals surface area contributed by atoms with Crippen molar-refractivity contribution in [3.63, 3.8) is 0 Å². The number of carbonyl (C=O) groups is 1. The van der Waals surface area contributed by atoms with Gasteiger partial charge >= 0.3 is 0 Å². The van der Waals surface area contributed by atoms with E-state index < -0.39 is 10.2 Å². The molecule has 0 radical (unpaired) electrons. The molecule has 0 bridgehead atoms. The Balaban J connectivity index is 1.58. The summed E-state index contributed by atoms with van der Waals surface area (Å²) in [6, 6.07) is 7.44. The Morgan fingerprint density at radius 3 is 2.43 bits per heavy atom. The van der Waals surface area contributed by atoms with Gasteiger partial charge in [-0.2, -0.15) is 17.0 Å². The average molecular weight is 426 g/mol. The van der Waals surface area contributed by atoms with Gasteiger partial charge in [0.1, 0.15) is 10.8 Å². The number of hydrogen-bond acceptors (Lipinski definition) is 7. The van der Waals surface area contributed by atoms with Gasteiger partial charge in [0, 0.05) is 38.7 Å². The normalized spacial score (nSPS) is 16.3. The molecule has 1 fully saturated rings. The van der Waals surface area contributed by atoms with Crippen LogP contribution in [0.2, 0.25) is 0 Å². The molecule has 3 rings (SSSR count). The second-order valence-corrected chi connectivity index (χ2v) is 9.71. The van der Waals surface area contributed by atoms with E-state index in [1.165, 1.54) is 34.0 Å². The minimum absolute atomic E-state index is 0.153. The third kappa shape index (κ3) is 4.49. The molecule has 0 unspecified atom stereocenters. The van der Waals surface area contributed by atoms with Crippen LogP contribution in [0.3, 0.4) is 0 Å². The van der Waals surface area contributed by atoms with Crippen molar-refractivity contribution < 1.29 is 17.9 Å². The van der Waals surface area contributed by atoms with Gasteiger partial charge in [0.05, 0.1) is 7.11 Å². The first-order valence-corrected chi connectivity index (χ1v) is 11.0. The molecular weight excluding hydrogens is 402 g/mol. The number of nitrogens with one attached hydrogen (secondary N) is 1. The number of hydrogen-bond donors (Lipinski definition) is 1. The van der Waals surface area contributed by atoms with Crippen LogP contribution in [0.1, 0.15) is 12.8 Å². The fourth-order valence-corrected chi connectivity index (χ4v) is 4.80. The molecule has 1 aliphatic heterocycles. The third-order valence-electron chi connectivity index (χ3n) is 4.60. The standard InChI is InChI=1S/C17H23N5O4S2/c1-21(2)28(24,25)22-10-8-12(9-11-22)15(23)18-17-20-19-16(27-17)13-4-6-14(26-3)7-5-13/h4-7,12H,8-11H2,1-3H3,(H,18,20,23). The van der Waals surface area contributed by atoms with Gasteiger partial charge < -0.3 is 10.1 Å². The molecule has 11 heteroatoms. The zero-order valence-electron chi connectivity index (χ0n) is 16.0. The van der Waals surface area contributed by atoms with E-state index in [-0.39, 0.29) is 11.8 Å². The molecule has 0 atom stereocenters. The topological polar surface area (TPSA) is 105 Å². The van der Waals surface area contributed by atoms with E-state index in [4.69, 9.17) is 4.74 Å². The van der Waals surface area contributed by atoms with Crippen LogP contribution in [0.15, 0.2) is 24.3 Å². The Kier molecular flexibility index (Phi) is 6.28. The van der Waals surface area contributed by atoms with Gasteiger partial charge in [-0.25, -0.2) is 0 Å². The van der Waals surface area contributed by atoms with Crippen LogP contribution in [0.4, 0.5) is 5.13 Å². The SMILES string of the molecule is COc1ccc(-c2nnc(NC(=O)C3CCN(S(=O)(=O)N(C)C)CC3)s2)cc1. The molecule has 1 saturated heterocycles. The number of aromatic nitrogens is 2. The van der Waals surface area contributed by atoms with E-state index in [9.17, 15) is 13.2 Å². The maximum atomic E-state index is 12.5. The molecule has 0 aliphatic carbocycles. The highest BCUT2D eigenvalue weighted by Crippen LogP contribution is 2.29. The molecule has 1 aliphatic rings. The van der Waals surface area contributed by atoms with Crippen LogP contribution in [-0.4, -0.2) is 67.4 Å². The molecule has 1 N–H and O–H groups in total. The van der Waals surface area contributed by atoms with Crippen LogP contribution >= 0.6 is 11.3 Å². The highest BCUT2D eigenvalue weighted by atomic mass is 32.2. The van der Waals surface area contributed by atoms with Crippen molar-refractivity contribution in [1.82, 2.24) is 18.8 Å². The van der Waals surface area contributed by atoms with Gasteiger partial charge in [0.15, 0.2) is 0 Å². The number of methoxy groups -OCH3 is 1.